The first-order valence-corrected chi connectivity index (χ1v) is 8.35. The number of aliphatic carboxylic acids is 1. The zero-order valence-electron chi connectivity index (χ0n) is 14.9. The van der Waals surface area contributed by atoms with E-state index in [-0.39, 0.29) is 24.9 Å². The van der Waals surface area contributed by atoms with Gasteiger partial charge in [0.15, 0.2) is 5.96 Å². The Morgan fingerprint density at radius 3 is 2.70 bits per heavy atom. The van der Waals surface area contributed by atoms with Gasteiger partial charge in [-0.3, -0.25) is 19.6 Å². The summed E-state index contributed by atoms with van der Waals surface area (Å²) >= 11 is 0. The van der Waals surface area contributed by atoms with E-state index in [1.54, 1.807) is 0 Å². The van der Waals surface area contributed by atoms with E-state index < -0.39 is 30.2 Å². The van der Waals surface area contributed by atoms with E-state index in [2.05, 4.69) is 10.3 Å². The quantitative estimate of drug-likeness (QED) is 0.138. The number of amides is 1. The maximum absolute atomic E-state index is 12.4. The number of aromatic nitrogens is 2. The van der Waals surface area contributed by atoms with Gasteiger partial charge in [-0.25, -0.2) is 4.79 Å². The lowest BCUT2D eigenvalue weighted by atomic mass is 10.1. The van der Waals surface area contributed by atoms with Crippen LogP contribution < -0.4 is 28.2 Å². The number of nitrogens with one attached hydrogen (secondary N) is 2. The van der Waals surface area contributed by atoms with Crippen molar-refractivity contribution in [2.75, 3.05) is 25.4 Å². The molecule has 0 saturated carbocycles. The van der Waals surface area contributed by atoms with Crippen LogP contribution in [0, 0.1) is 5.41 Å². The van der Waals surface area contributed by atoms with Gasteiger partial charge in [0.05, 0.1) is 0 Å². The monoisotopic (exact) mass is 382 g/mol. The Labute approximate surface area is 155 Å². The second-order valence-electron chi connectivity index (χ2n) is 6.03. The zero-order valence-corrected chi connectivity index (χ0v) is 14.9. The molecule has 1 heterocycles. The lowest BCUT2D eigenvalue weighted by Crippen LogP contribution is -2.46. The van der Waals surface area contributed by atoms with Crippen molar-refractivity contribution in [2.45, 2.75) is 31.8 Å². The summed E-state index contributed by atoms with van der Waals surface area (Å²) < 4.78 is 1.05. The highest BCUT2D eigenvalue weighted by Gasteiger charge is 2.20. The fourth-order valence-corrected chi connectivity index (χ4v) is 2.35. The Balaban J connectivity index is 2.60. The molecule has 0 radical (unpaired) electrons. The number of hydrogen-bond acceptors (Lipinski definition) is 7. The highest BCUT2D eigenvalue weighted by molar-refractivity contribution is 5.81. The van der Waals surface area contributed by atoms with Crippen molar-refractivity contribution in [3.63, 3.8) is 0 Å². The third kappa shape index (κ3) is 8.67. The van der Waals surface area contributed by atoms with Crippen LogP contribution in [0.25, 0.3) is 0 Å². The molecule has 150 valence electrons. The van der Waals surface area contributed by atoms with Crippen LogP contribution in [0.3, 0.4) is 0 Å². The van der Waals surface area contributed by atoms with E-state index in [9.17, 15) is 14.4 Å². The number of carboxylic acids is 1. The highest BCUT2D eigenvalue weighted by atomic mass is 16.4. The predicted octanol–water partition coefficient (Wildman–Crippen LogP) is -2.28. The van der Waals surface area contributed by atoms with Crippen LogP contribution in [-0.2, 0) is 16.1 Å². The molecule has 0 saturated heterocycles. The Kier molecular flexibility index (Phi) is 8.72. The molecule has 0 fully saturated rings. The van der Waals surface area contributed by atoms with Gasteiger partial charge in [0.1, 0.15) is 18.9 Å². The largest absolute Gasteiger partial charge is 0.480 e. The first kappa shape index (κ1) is 21.9. The minimum atomic E-state index is -1.18. The smallest absolute Gasteiger partial charge is 0.349 e. The third-order valence-electron chi connectivity index (χ3n) is 3.65. The molecule has 0 aliphatic heterocycles. The maximum atomic E-state index is 12.4. The molecule has 0 spiro atoms. The van der Waals surface area contributed by atoms with E-state index in [1.807, 2.05) is 0 Å². The van der Waals surface area contributed by atoms with E-state index in [1.165, 1.54) is 12.3 Å². The van der Waals surface area contributed by atoms with Gasteiger partial charge < -0.3 is 32.5 Å². The first-order valence-electron chi connectivity index (χ1n) is 8.35. The van der Waals surface area contributed by atoms with Gasteiger partial charge >= 0.3 is 11.7 Å². The molecule has 12 heteroatoms. The number of anilines is 1. The van der Waals surface area contributed by atoms with Crippen molar-refractivity contribution < 1.29 is 14.7 Å². The maximum Gasteiger partial charge on any atom is 0.349 e. The average molecular weight is 382 g/mol. The lowest BCUT2D eigenvalue weighted by molar-refractivity contribution is -0.144. The van der Waals surface area contributed by atoms with Crippen LogP contribution in [0.5, 0.6) is 0 Å². The molecule has 12 nitrogen and oxygen atoms in total. The summed E-state index contributed by atoms with van der Waals surface area (Å²) in [6, 6.07) is 0.948. The number of carboxylic acid groups (broad SMARTS) is 1. The number of nitrogens with zero attached hydrogens (tertiary/aromatic N) is 3. The van der Waals surface area contributed by atoms with E-state index in [0.29, 0.717) is 13.0 Å². The molecule has 1 atom stereocenters. The lowest BCUT2D eigenvalue weighted by Gasteiger charge is -2.24. The number of guanidine groups is 1. The molecular formula is C15H26N8O4. The van der Waals surface area contributed by atoms with Crippen molar-refractivity contribution in [2.24, 2.45) is 11.5 Å². The normalized spacial score (nSPS) is 11.6. The van der Waals surface area contributed by atoms with Gasteiger partial charge in [0.25, 0.3) is 0 Å². The number of unbranched alkanes of at least 4 members (excludes halogenated alkanes) is 1. The number of hydrogen-bond donors (Lipinski definition) is 6. The van der Waals surface area contributed by atoms with Crippen LogP contribution in [0.4, 0.5) is 5.82 Å². The number of nitrogen functional groups attached to an aromatic ring is 1. The Morgan fingerprint density at radius 1 is 1.41 bits per heavy atom. The number of carbonyl (C=O) groups is 2. The van der Waals surface area contributed by atoms with Gasteiger partial charge in [-0.05, 0) is 18.9 Å². The molecule has 1 rings (SSSR count). The van der Waals surface area contributed by atoms with Crippen molar-refractivity contribution in [1.82, 2.24) is 19.8 Å². The van der Waals surface area contributed by atoms with E-state index in [0.717, 1.165) is 22.3 Å². The van der Waals surface area contributed by atoms with Crippen LogP contribution in [-0.4, -0.2) is 63.1 Å². The summed E-state index contributed by atoms with van der Waals surface area (Å²) in [4.78, 5) is 39.8. The predicted molar refractivity (Wildman–Crippen MR) is 98.9 cm³/mol. The fraction of sp³-hybridized carbons (Fsp3) is 0.533. The Morgan fingerprint density at radius 2 is 2.11 bits per heavy atom. The molecule has 0 aliphatic rings. The van der Waals surface area contributed by atoms with Crippen LogP contribution in [0.15, 0.2) is 17.1 Å². The van der Waals surface area contributed by atoms with Crippen molar-refractivity contribution >= 4 is 23.7 Å². The van der Waals surface area contributed by atoms with Gasteiger partial charge in [-0.15, -0.1) is 0 Å². The van der Waals surface area contributed by atoms with Crippen LogP contribution >= 0.6 is 0 Å². The summed E-state index contributed by atoms with van der Waals surface area (Å²) in [6.45, 7) is -0.292. The van der Waals surface area contributed by atoms with Crippen molar-refractivity contribution in [3.05, 3.63) is 22.7 Å². The minimum absolute atomic E-state index is 0.0346. The molecule has 0 aliphatic carbocycles. The topological polar surface area (TPSA) is 206 Å². The van der Waals surface area contributed by atoms with Gasteiger partial charge in [0.2, 0.25) is 5.91 Å². The molecule has 1 amide bonds. The van der Waals surface area contributed by atoms with Crippen molar-refractivity contribution in [3.8, 4) is 0 Å². The van der Waals surface area contributed by atoms with Gasteiger partial charge in [-0.1, -0.05) is 6.42 Å². The summed E-state index contributed by atoms with van der Waals surface area (Å²) in [5.41, 5.74) is 15.9. The van der Waals surface area contributed by atoms with E-state index in [4.69, 9.17) is 27.7 Å². The second kappa shape index (κ2) is 10.8. The molecule has 1 unspecified atom stereocenters. The number of rotatable bonds is 11. The fourth-order valence-electron chi connectivity index (χ4n) is 2.35. The summed E-state index contributed by atoms with van der Waals surface area (Å²) in [7, 11) is 0. The van der Waals surface area contributed by atoms with Gasteiger partial charge in [0, 0.05) is 25.3 Å². The van der Waals surface area contributed by atoms with Crippen LogP contribution in [0.2, 0.25) is 0 Å². The summed E-state index contributed by atoms with van der Waals surface area (Å²) in [5, 5.41) is 18.7. The van der Waals surface area contributed by atoms with Crippen LogP contribution in [0.1, 0.15) is 19.3 Å². The second-order valence-corrected chi connectivity index (χ2v) is 6.03. The first-order chi connectivity index (χ1) is 12.7. The number of nitrogens with two attached hydrogens (primary N) is 3. The molecule has 9 N–H and O–H groups in total. The average Bonchev–Trinajstić information content (AvgIpc) is 2.55. The Bertz CT molecular complexity index is 720. The SMILES string of the molecule is N=C(N)NCCCCC(N)CN(CC(=O)O)C(=O)Cn1ccc(N)nc1=O. The minimum Gasteiger partial charge on any atom is -0.480 e. The van der Waals surface area contributed by atoms with Crippen molar-refractivity contribution in [1.29, 1.82) is 5.41 Å². The molecular weight excluding hydrogens is 356 g/mol. The standard InChI is InChI=1S/C15H26N8O4/c16-10(3-1-2-5-20-14(18)19)7-23(9-13(25)26)12(24)8-22-6-4-11(17)21-15(22)27/h4,6,10H,1-3,5,7-9,16H2,(H,25,26)(H2,17,21,27)(H4,18,19,20). The zero-order chi connectivity index (χ0) is 20.4. The molecule has 1 aromatic heterocycles. The number of carbonyl (C=O) groups excluding carboxylic acids is 1. The Hall–Kier alpha value is -3.15. The van der Waals surface area contributed by atoms with Gasteiger partial charge in [-0.2, -0.15) is 4.98 Å². The summed E-state index contributed by atoms with van der Waals surface area (Å²) in [6.07, 6.45) is 3.33. The third-order valence-corrected chi connectivity index (χ3v) is 3.65. The molecule has 1 aromatic rings. The molecule has 0 bridgehead atoms. The van der Waals surface area contributed by atoms with E-state index >= 15 is 0 Å². The summed E-state index contributed by atoms with van der Waals surface area (Å²) in [5.74, 6) is -1.80. The molecule has 0 aromatic carbocycles. The highest BCUT2D eigenvalue weighted by Crippen LogP contribution is 2.03. The molecule has 27 heavy (non-hydrogen) atoms.